The minimum Gasteiger partial charge on any atom is -0.256 e. The van der Waals surface area contributed by atoms with Gasteiger partial charge in [0.25, 0.3) is 0 Å². The molecule has 6 rings (SSSR count). The van der Waals surface area contributed by atoms with Gasteiger partial charge < -0.3 is 0 Å². The van der Waals surface area contributed by atoms with Gasteiger partial charge in [0.2, 0.25) is 0 Å². The molecule has 0 fully saturated rings. The first-order valence-corrected chi connectivity index (χ1v) is 11.2. The Bertz CT molecular complexity index is 1510. The third-order valence-electron chi connectivity index (χ3n) is 5.74. The topological polar surface area (TPSA) is 12.9 Å². The van der Waals surface area contributed by atoms with Crippen LogP contribution in [-0.2, 0) is 0 Å². The maximum absolute atomic E-state index is 4.66. The van der Waals surface area contributed by atoms with Gasteiger partial charge in [-0.3, -0.25) is 4.98 Å². The smallest absolute Gasteiger partial charge is 0.0708 e. The van der Waals surface area contributed by atoms with Crippen molar-refractivity contribution in [2.24, 2.45) is 0 Å². The lowest BCUT2D eigenvalue weighted by atomic mass is 10.0. The van der Waals surface area contributed by atoms with E-state index in [-0.39, 0.29) is 0 Å². The third-order valence-corrected chi connectivity index (χ3v) is 6.87. The van der Waals surface area contributed by atoms with Gasteiger partial charge >= 0.3 is 0 Å². The average Bonchev–Trinajstić information content (AvgIpc) is 3.22. The average molecular weight is 414 g/mol. The SMILES string of the molecule is c1ccc(-c2ccnc(-c3ccc4sc5cc(-c6ccccc6)ccc5c4c3)c2)cc1. The number of benzene rings is 4. The number of nitrogens with zero attached hydrogens (tertiary/aromatic N) is 1. The van der Waals surface area contributed by atoms with E-state index in [1.165, 1.54) is 42.4 Å². The summed E-state index contributed by atoms with van der Waals surface area (Å²) in [6.45, 7) is 0. The summed E-state index contributed by atoms with van der Waals surface area (Å²) in [7, 11) is 0. The van der Waals surface area contributed by atoms with Crippen LogP contribution in [0.15, 0.2) is 115 Å². The van der Waals surface area contributed by atoms with Gasteiger partial charge in [0.1, 0.15) is 0 Å². The van der Waals surface area contributed by atoms with Crippen molar-refractivity contribution in [1.29, 1.82) is 0 Å². The molecule has 0 aliphatic rings. The van der Waals surface area contributed by atoms with Gasteiger partial charge in [0.15, 0.2) is 0 Å². The normalized spacial score (nSPS) is 11.2. The summed E-state index contributed by atoms with van der Waals surface area (Å²) in [5.74, 6) is 0. The molecule has 1 nitrogen and oxygen atoms in total. The number of hydrogen-bond donors (Lipinski definition) is 0. The van der Waals surface area contributed by atoms with Crippen LogP contribution in [0.3, 0.4) is 0 Å². The van der Waals surface area contributed by atoms with Crippen molar-refractivity contribution in [3.05, 3.63) is 115 Å². The van der Waals surface area contributed by atoms with Crippen molar-refractivity contribution in [3.8, 4) is 33.5 Å². The Balaban J connectivity index is 1.45. The molecule has 0 aliphatic carbocycles. The van der Waals surface area contributed by atoms with E-state index >= 15 is 0 Å². The van der Waals surface area contributed by atoms with Gasteiger partial charge in [-0.15, -0.1) is 11.3 Å². The monoisotopic (exact) mass is 413 g/mol. The minimum absolute atomic E-state index is 1.00. The van der Waals surface area contributed by atoms with Crippen LogP contribution in [0.2, 0.25) is 0 Å². The zero-order chi connectivity index (χ0) is 20.6. The number of rotatable bonds is 3. The van der Waals surface area contributed by atoms with E-state index < -0.39 is 0 Å². The Morgan fingerprint density at radius 3 is 1.87 bits per heavy atom. The fourth-order valence-electron chi connectivity index (χ4n) is 4.15. The van der Waals surface area contributed by atoms with Crippen LogP contribution in [-0.4, -0.2) is 4.98 Å². The lowest BCUT2D eigenvalue weighted by molar-refractivity contribution is 1.33. The molecule has 2 heteroatoms. The predicted molar refractivity (Wildman–Crippen MR) is 133 cm³/mol. The van der Waals surface area contributed by atoms with Crippen LogP contribution in [0.25, 0.3) is 53.7 Å². The van der Waals surface area contributed by atoms with E-state index in [4.69, 9.17) is 0 Å². The number of aromatic nitrogens is 1. The molecule has 0 bridgehead atoms. The second-order valence-electron chi connectivity index (χ2n) is 7.69. The van der Waals surface area contributed by atoms with E-state index in [9.17, 15) is 0 Å². The maximum Gasteiger partial charge on any atom is 0.0708 e. The Morgan fingerprint density at radius 1 is 0.452 bits per heavy atom. The molecule has 0 atom stereocenters. The quantitative estimate of drug-likeness (QED) is 0.283. The molecular weight excluding hydrogens is 394 g/mol. The first-order chi connectivity index (χ1) is 15.3. The molecule has 6 aromatic rings. The lowest BCUT2D eigenvalue weighted by Crippen LogP contribution is -1.85. The van der Waals surface area contributed by atoms with Gasteiger partial charge in [0, 0.05) is 31.9 Å². The highest BCUT2D eigenvalue weighted by molar-refractivity contribution is 7.25. The third kappa shape index (κ3) is 3.31. The van der Waals surface area contributed by atoms with Crippen LogP contribution >= 0.6 is 11.3 Å². The molecule has 0 unspecified atom stereocenters. The molecule has 2 aromatic heterocycles. The van der Waals surface area contributed by atoms with Crippen molar-refractivity contribution in [3.63, 3.8) is 0 Å². The zero-order valence-electron chi connectivity index (χ0n) is 16.8. The number of hydrogen-bond acceptors (Lipinski definition) is 2. The second-order valence-corrected chi connectivity index (χ2v) is 8.77. The molecule has 146 valence electrons. The summed E-state index contributed by atoms with van der Waals surface area (Å²) in [6, 6.07) is 38.8. The van der Waals surface area contributed by atoms with Crippen molar-refractivity contribution < 1.29 is 0 Å². The summed E-state index contributed by atoms with van der Waals surface area (Å²) < 4.78 is 2.63. The van der Waals surface area contributed by atoms with E-state index in [0.29, 0.717) is 0 Å². The number of fused-ring (bicyclic) bond motifs is 3. The summed E-state index contributed by atoms with van der Waals surface area (Å²) in [6.07, 6.45) is 1.90. The molecule has 0 amide bonds. The van der Waals surface area contributed by atoms with Gasteiger partial charge in [-0.05, 0) is 52.6 Å². The fraction of sp³-hybridized carbons (Fsp3) is 0. The maximum atomic E-state index is 4.66. The van der Waals surface area contributed by atoms with E-state index in [1.807, 2.05) is 23.6 Å². The lowest BCUT2D eigenvalue weighted by Gasteiger charge is -2.06. The Morgan fingerprint density at radius 2 is 1.13 bits per heavy atom. The molecule has 0 radical (unpaired) electrons. The van der Waals surface area contributed by atoms with Crippen LogP contribution in [0.4, 0.5) is 0 Å². The van der Waals surface area contributed by atoms with Crippen molar-refractivity contribution in [2.45, 2.75) is 0 Å². The summed E-state index contributed by atoms with van der Waals surface area (Å²) >= 11 is 1.85. The highest BCUT2D eigenvalue weighted by atomic mass is 32.1. The van der Waals surface area contributed by atoms with Gasteiger partial charge in [-0.2, -0.15) is 0 Å². The fourth-order valence-corrected chi connectivity index (χ4v) is 5.27. The van der Waals surface area contributed by atoms with Gasteiger partial charge in [-0.25, -0.2) is 0 Å². The summed E-state index contributed by atoms with van der Waals surface area (Å²) in [4.78, 5) is 4.66. The van der Waals surface area contributed by atoms with Gasteiger partial charge in [-0.1, -0.05) is 78.9 Å². The highest BCUT2D eigenvalue weighted by Crippen LogP contribution is 2.38. The van der Waals surface area contributed by atoms with Crippen LogP contribution < -0.4 is 0 Å². The molecule has 0 spiro atoms. The molecule has 31 heavy (non-hydrogen) atoms. The standard InChI is InChI=1S/C29H19NS/c1-3-7-20(8-4-1)22-11-13-25-26-17-24(12-14-28(26)31-29(25)19-22)27-18-23(15-16-30-27)21-9-5-2-6-10-21/h1-19H. The van der Waals surface area contributed by atoms with E-state index in [0.717, 1.165) is 11.3 Å². The Labute approximate surface area is 185 Å². The number of pyridine rings is 1. The van der Waals surface area contributed by atoms with E-state index in [2.05, 4.69) is 108 Å². The van der Waals surface area contributed by atoms with Crippen molar-refractivity contribution in [1.82, 2.24) is 4.98 Å². The largest absolute Gasteiger partial charge is 0.256 e. The molecule has 2 heterocycles. The second kappa shape index (κ2) is 7.50. The minimum atomic E-state index is 1.00. The van der Waals surface area contributed by atoms with Crippen LogP contribution in [0, 0.1) is 0 Å². The number of thiophene rings is 1. The molecular formula is C29H19NS. The van der Waals surface area contributed by atoms with Crippen molar-refractivity contribution >= 4 is 31.5 Å². The van der Waals surface area contributed by atoms with Gasteiger partial charge in [0.05, 0.1) is 5.69 Å². The molecule has 0 saturated carbocycles. The first-order valence-electron chi connectivity index (χ1n) is 10.4. The van der Waals surface area contributed by atoms with Crippen LogP contribution in [0.1, 0.15) is 0 Å². The Hall–Kier alpha value is -3.75. The Kier molecular flexibility index (Phi) is 4.37. The zero-order valence-corrected chi connectivity index (χ0v) is 17.6. The summed E-state index contributed by atoms with van der Waals surface area (Å²) in [5.41, 5.74) is 7.07. The molecule has 0 saturated heterocycles. The molecule has 0 N–H and O–H groups in total. The summed E-state index contributed by atoms with van der Waals surface area (Å²) in [5, 5.41) is 2.60. The van der Waals surface area contributed by atoms with E-state index in [1.54, 1.807) is 0 Å². The van der Waals surface area contributed by atoms with Crippen molar-refractivity contribution in [2.75, 3.05) is 0 Å². The van der Waals surface area contributed by atoms with Crippen LogP contribution in [0.5, 0.6) is 0 Å². The molecule has 0 aliphatic heterocycles. The predicted octanol–water partition coefficient (Wildman–Crippen LogP) is 8.45. The highest BCUT2D eigenvalue weighted by Gasteiger charge is 2.10. The molecule has 4 aromatic carbocycles. The first kappa shape index (κ1) is 18.1.